The van der Waals surface area contributed by atoms with Crippen molar-refractivity contribution in [2.45, 2.75) is 13.5 Å². The molecule has 0 aliphatic carbocycles. The van der Waals surface area contributed by atoms with E-state index in [9.17, 15) is 9.59 Å². The Morgan fingerprint density at radius 1 is 1.00 bits per heavy atom. The Morgan fingerprint density at radius 3 is 2.45 bits per heavy atom. The zero-order valence-electron chi connectivity index (χ0n) is 16.6. The van der Waals surface area contributed by atoms with Gasteiger partial charge in [0.1, 0.15) is 5.75 Å². The molecule has 3 aromatic rings. The third kappa shape index (κ3) is 6.38. The van der Waals surface area contributed by atoms with Gasteiger partial charge in [-0.15, -0.1) is 0 Å². The Balaban J connectivity index is 1.66. The van der Waals surface area contributed by atoms with Crippen LogP contribution in [0, 0.1) is 6.92 Å². The molecule has 0 aromatic heterocycles. The first-order chi connectivity index (χ1) is 14.8. The minimum atomic E-state index is -1.05. The van der Waals surface area contributed by atoms with Crippen molar-refractivity contribution >= 4 is 46.5 Å². The zero-order chi connectivity index (χ0) is 22.4. The molecule has 3 N–H and O–H groups in total. The standard InChI is InChI=1S/C23H20Cl2N2O4/c1-14-2-6-18(7-3-14)27-22(28)13-31-21-9-5-17(24)10-16(21)12-26-20-11-15(23(29)30)4-8-19(20)25/h2-11,26H,12-13H2,1H3,(H,27,28)(H,29,30). The van der Waals surface area contributed by atoms with E-state index in [1.807, 2.05) is 31.2 Å². The van der Waals surface area contributed by atoms with Gasteiger partial charge in [0.05, 0.1) is 16.3 Å². The lowest BCUT2D eigenvalue weighted by molar-refractivity contribution is -0.118. The number of carbonyl (C=O) groups is 2. The van der Waals surface area contributed by atoms with Crippen LogP contribution in [-0.4, -0.2) is 23.6 Å². The molecule has 0 radical (unpaired) electrons. The summed E-state index contributed by atoms with van der Waals surface area (Å²) in [7, 11) is 0. The number of benzene rings is 3. The number of amides is 1. The Hall–Kier alpha value is -3.22. The van der Waals surface area contributed by atoms with Crippen molar-refractivity contribution in [2.75, 3.05) is 17.2 Å². The number of rotatable bonds is 8. The normalized spacial score (nSPS) is 10.4. The third-order valence-corrected chi connectivity index (χ3v) is 4.96. The number of nitrogens with one attached hydrogen (secondary N) is 2. The molecule has 0 spiro atoms. The van der Waals surface area contributed by atoms with Gasteiger partial charge in [0.25, 0.3) is 5.91 Å². The molecule has 0 heterocycles. The van der Waals surface area contributed by atoms with Gasteiger partial charge < -0.3 is 20.5 Å². The number of aromatic carboxylic acids is 1. The Bertz CT molecular complexity index is 1100. The second-order valence-corrected chi connectivity index (χ2v) is 7.65. The van der Waals surface area contributed by atoms with Crippen LogP contribution in [0.4, 0.5) is 11.4 Å². The summed E-state index contributed by atoms with van der Waals surface area (Å²) in [4.78, 5) is 23.4. The predicted molar refractivity (Wildman–Crippen MR) is 122 cm³/mol. The highest BCUT2D eigenvalue weighted by atomic mass is 35.5. The summed E-state index contributed by atoms with van der Waals surface area (Å²) in [5, 5.41) is 15.9. The Kier molecular flexibility index (Phi) is 7.39. The molecule has 8 heteroatoms. The van der Waals surface area contributed by atoms with Gasteiger partial charge in [-0.05, 0) is 55.5 Å². The average Bonchev–Trinajstić information content (AvgIpc) is 2.74. The highest BCUT2D eigenvalue weighted by Crippen LogP contribution is 2.27. The van der Waals surface area contributed by atoms with Gasteiger partial charge in [0.2, 0.25) is 0 Å². The lowest BCUT2D eigenvalue weighted by atomic mass is 10.1. The van der Waals surface area contributed by atoms with Crippen LogP contribution in [0.3, 0.4) is 0 Å². The van der Waals surface area contributed by atoms with Gasteiger partial charge >= 0.3 is 5.97 Å². The van der Waals surface area contributed by atoms with Gasteiger partial charge in [-0.25, -0.2) is 4.79 Å². The number of anilines is 2. The lowest BCUT2D eigenvalue weighted by Crippen LogP contribution is -2.20. The number of hydrogen-bond acceptors (Lipinski definition) is 4. The maximum atomic E-state index is 12.2. The summed E-state index contributed by atoms with van der Waals surface area (Å²) in [6.45, 7) is 2.05. The third-order valence-electron chi connectivity index (χ3n) is 4.40. The van der Waals surface area contributed by atoms with Crippen molar-refractivity contribution in [1.29, 1.82) is 0 Å². The number of carboxylic acid groups (broad SMARTS) is 1. The van der Waals surface area contributed by atoms with Crippen molar-refractivity contribution in [3.8, 4) is 5.75 Å². The highest BCUT2D eigenvalue weighted by molar-refractivity contribution is 6.33. The van der Waals surface area contributed by atoms with E-state index in [1.54, 1.807) is 18.2 Å². The van der Waals surface area contributed by atoms with Crippen molar-refractivity contribution in [3.63, 3.8) is 0 Å². The van der Waals surface area contributed by atoms with Gasteiger partial charge in [-0.3, -0.25) is 4.79 Å². The van der Waals surface area contributed by atoms with Crippen LogP contribution < -0.4 is 15.4 Å². The van der Waals surface area contributed by atoms with E-state index in [4.69, 9.17) is 33.0 Å². The molecule has 31 heavy (non-hydrogen) atoms. The van der Waals surface area contributed by atoms with Crippen LogP contribution in [-0.2, 0) is 11.3 Å². The summed E-state index contributed by atoms with van der Waals surface area (Å²) < 4.78 is 5.69. The fourth-order valence-corrected chi connectivity index (χ4v) is 3.17. The molecule has 0 saturated heterocycles. The van der Waals surface area contributed by atoms with Crippen LogP contribution in [0.2, 0.25) is 10.0 Å². The SMILES string of the molecule is Cc1ccc(NC(=O)COc2ccc(Cl)cc2CNc2cc(C(=O)O)ccc2Cl)cc1. The monoisotopic (exact) mass is 458 g/mol. The fourth-order valence-electron chi connectivity index (χ4n) is 2.79. The molecule has 0 fully saturated rings. The maximum absolute atomic E-state index is 12.2. The van der Waals surface area contributed by atoms with Crippen molar-refractivity contribution in [3.05, 3.63) is 87.4 Å². The van der Waals surface area contributed by atoms with Gasteiger partial charge in [-0.2, -0.15) is 0 Å². The lowest BCUT2D eigenvalue weighted by Gasteiger charge is -2.14. The number of hydrogen-bond donors (Lipinski definition) is 3. The van der Waals surface area contributed by atoms with Gasteiger partial charge in [-0.1, -0.05) is 40.9 Å². The van der Waals surface area contributed by atoms with E-state index < -0.39 is 5.97 Å². The molecule has 0 aliphatic heterocycles. The molecule has 0 atom stereocenters. The highest BCUT2D eigenvalue weighted by Gasteiger charge is 2.11. The Morgan fingerprint density at radius 2 is 1.74 bits per heavy atom. The Labute approximate surface area is 189 Å². The van der Waals surface area contributed by atoms with E-state index in [0.717, 1.165) is 5.56 Å². The first-order valence-electron chi connectivity index (χ1n) is 9.36. The number of ether oxygens (including phenoxy) is 1. The topological polar surface area (TPSA) is 87.7 Å². The molecule has 0 saturated carbocycles. The van der Waals surface area contributed by atoms with Crippen LogP contribution in [0.25, 0.3) is 0 Å². The zero-order valence-corrected chi connectivity index (χ0v) is 18.1. The van der Waals surface area contributed by atoms with E-state index in [-0.39, 0.29) is 24.6 Å². The molecule has 0 unspecified atom stereocenters. The van der Waals surface area contributed by atoms with Gasteiger partial charge in [0, 0.05) is 22.8 Å². The van der Waals surface area contributed by atoms with Crippen molar-refractivity contribution in [1.82, 2.24) is 0 Å². The van der Waals surface area contributed by atoms with Crippen molar-refractivity contribution < 1.29 is 19.4 Å². The van der Waals surface area contributed by atoms with E-state index in [2.05, 4.69) is 10.6 Å². The number of carbonyl (C=O) groups excluding carboxylic acids is 1. The second-order valence-electron chi connectivity index (χ2n) is 6.81. The maximum Gasteiger partial charge on any atom is 0.335 e. The predicted octanol–water partition coefficient (Wildman–Crippen LogP) is 5.63. The summed E-state index contributed by atoms with van der Waals surface area (Å²) in [5.74, 6) is -0.873. The molecular formula is C23H20Cl2N2O4. The van der Waals surface area contributed by atoms with E-state index in [0.29, 0.717) is 32.7 Å². The molecule has 0 aliphatic rings. The summed E-state index contributed by atoms with van der Waals surface area (Å²) in [6, 6.07) is 16.9. The number of carboxylic acids is 1. The molecular weight excluding hydrogens is 439 g/mol. The molecule has 6 nitrogen and oxygen atoms in total. The van der Waals surface area contributed by atoms with Gasteiger partial charge in [0.15, 0.2) is 6.61 Å². The molecule has 160 valence electrons. The summed E-state index contributed by atoms with van der Waals surface area (Å²) in [6.07, 6.45) is 0. The second kappa shape index (κ2) is 10.2. The van der Waals surface area contributed by atoms with E-state index >= 15 is 0 Å². The number of aryl methyl sites for hydroxylation is 1. The van der Waals surface area contributed by atoms with Crippen LogP contribution >= 0.6 is 23.2 Å². The van der Waals surface area contributed by atoms with Crippen LogP contribution in [0.5, 0.6) is 5.75 Å². The fraction of sp³-hybridized carbons (Fsp3) is 0.130. The first kappa shape index (κ1) is 22.5. The molecule has 1 amide bonds. The number of halogens is 2. The largest absolute Gasteiger partial charge is 0.483 e. The quantitative estimate of drug-likeness (QED) is 0.407. The van der Waals surface area contributed by atoms with Crippen molar-refractivity contribution in [2.24, 2.45) is 0 Å². The molecule has 3 rings (SSSR count). The summed E-state index contributed by atoms with van der Waals surface area (Å²) in [5.41, 5.74) is 3.05. The minimum absolute atomic E-state index is 0.113. The van der Waals surface area contributed by atoms with Crippen LogP contribution in [0.1, 0.15) is 21.5 Å². The summed E-state index contributed by atoms with van der Waals surface area (Å²) >= 11 is 12.3. The molecule has 3 aromatic carbocycles. The average molecular weight is 459 g/mol. The smallest absolute Gasteiger partial charge is 0.335 e. The van der Waals surface area contributed by atoms with E-state index in [1.165, 1.54) is 18.2 Å². The first-order valence-corrected chi connectivity index (χ1v) is 10.1. The minimum Gasteiger partial charge on any atom is -0.483 e. The molecule has 0 bridgehead atoms. The van der Waals surface area contributed by atoms with Crippen LogP contribution in [0.15, 0.2) is 60.7 Å².